The standard InChI is InChI=1S/C23H32ClN5O10P2/c24-22-27-19(26-15(30)7-23-4-11-1-12(5-23)3-13(2-11)6-23)16-20(28-22)29(9-25-16)21-18(32)17(31)14(39-21)8-38-41(36,37)10-40(33,34)35/h9,11-14,17-18,21,31-32H,1-8,10H2,(H,36,37)(H2,33,34,35)(H,26,27,28,30)/t11?,12?,13?,14-,17+,18+,21-,23?/m1/s1. The van der Waals surface area contributed by atoms with E-state index in [1.807, 2.05) is 0 Å². The number of carbonyl (C=O) groups is 1. The minimum Gasteiger partial charge on any atom is -0.387 e. The summed E-state index contributed by atoms with van der Waals surface area (Å²) in [6.45, 7) is -0.740. The number of carbonyl (C=O) groups excluding carboxylic acids is 1. The molecule has 2 aromatic rings. The lowest BCUT2D eigenvalue weighted by Crippen LogP contribution is -2.47. The molecule has 41 heavy (non-hydrogen) atoms. The second-order valence-electron chi connectivity index (χ2n) is 12.1. The van der Waals surface area contributed by atoms with Crippen LogP contribution < -0.4 is 5.32 Å². The Morgan fingerprint density at radius 3 is 2.34 bits per heavy atom. The van der Waals surface area contributed by atoms with Crippen LogP contribution in [0.25, 0.3) is 11.2 Å². The SMILES string of the molecule is O=C(CC12CC3CC(CC(C3)C1)C2)Nc1nc(Cl)nc2c1ncn2[C@@H]1O[C@H](COP(=O)(O)CP(=O)(O)O)[C@H](O)[C@@H]1O. The predicted molar refractivity (Wildman–Crippen MR) is 143 cm³/mol. The summed E-state index contributed by atoms with van der Waals surface area (Å²) in [6, 6.07) is 0. The van der Waals surface area contributed by atoms with Gasteiger partial charge in [0.2, 0.25) is 11.2 Å². The number of halogens is 1. The molecule has 5 fully saturated rings. The first-order valence-electron chi connectivity index (χ1n) is 13.4. The van der Waals surface area contributed by atoms with Crippen molar-refractivity contribution in [1.82, 2.24) is 19.5 Å². The van der Waals surface area contributed by atoms with Gasteiger partial charge in [-0.3, -0.25) is 18.5 Å². The highest BCUT2D eigenvalue weighted by Crippen LogP contribution is 2.61. The third kappa shape index (κ3) is 6.12. The topological polar surface area (TPSA) is 226 Å². The number of rotatable bonds is 9. The predicted octanol–water partition coefficient (Wildman–Crippen LogP) is 1.98. The van der Waals surface area contributed by atoms with Crippen LogP contribution in [0.4, 0.5) is 5.82 Å². The number of aliphatic hydroxyl groups is 2. The Morgan fingerprint density at radius 1 is 1.10 bits per heavy atom. The van der Waals surface area contributed by atoms with Crippen LogP contribution >= 0.6 is 26.8 Å². The lowest BCUT2D eigenvalue weighted by atomic mass is 9.49. The van der Waals surface area contributed by atoms with E-state index in [-0.39, 0.29) is 33.6 Å². The number of fused-ring (bicyclic) bond motifs is 1. The Hall–Kier alpha value is -1.51. The van der Waals surface area contributed by atoms with E-state index in [1.165, 1.54) is 30.2 Å². The third-order valence-corrected chi connectivity index (χ3v) is 12.4. The second-order valence-corrected chi connectivity index (χ2v) is 16.4. The van der Waals surface area contributed by atoms with Gasteiger partial charge in [-0.1, -0.05) is 0 Å². The number of hydrogen-bond acceptors (Lipinski definition) is 10. The summed E-state index contributed by atoms with van der Waals surface area (Å²) in [6.07, 6.45) is 2.87. The lowest BCUT2D eigenvalue weighted by molar-refractivity contribution is -0.124. The largest absolute Gasteiger partial charge is 0.387 e. The maximum absolute atomic E-state index is 13.2. The zero-order valence-corrected chi connectivity index (χ0v) is 24.4. The molecule has 0 spiro atoms. The molecule has 4 bridgehead atoms. The smallest absolute Gasteiger partial charge is 0.340 e. The fraction of sp³-hybridized carbons (Fsp3) is 0.739. The van der Waals surface area contributed by atoms with Gasteiger partial charge in [0.25, 0.3) is 0 Å². The summed E-state index contributed by atoms with van der Waals surface area (Å²) in [5, 5.41) is 23.8. The van der Waals surface area contributed by atoms with Crippen LogP contribution in [0.15, 0.2) is 6.33 Å². The number of aliphatic hydroxyl groups excluding tert-OH is 2. The molecule has 1 unspecified atom stereocenters. The normalized spacial score (nSPS) is 36.1. The van der Waals surface area contributed by atoms with Crippen LogP contribution in [0.3, 0.4) is 0 Å². The highest BCUT2D eigenvalue weighted by atomic mass is 35.5. The van der Waals surface area contributed by atoms with Gasteiger partial charge in [-0.05, 0) is 73.3 Å². The molecule has 3 heterocycles. The first-order valence-corrected chi connectivity index (χ1v) is 17.4. The number of anilines is 1. The Labute approximate surface area is 239 Å². The fourth-order valence-corrected chi connectivity index (χ4v) is 10.5. The van der Waals surface area contributed by atoms with Crippen molar-refractivity contribution in [2.24, 2.45) is 23.2 Å². The molecule has 18 heteroatoms. The van der Waals surface area contributed by atoms with Crippen LogP contribution in [0.2, 0.25) is 5.28 Å². The third-order valence-electron chi connectivity index (χ3n) is 8.77. The molecular formula is C23H32ClN5O10P2. The van der Waals surface area contributed by atoms with Crippen LogP contribution in [0, 0.1) is 23.2 Å². The number of hydrogen-bond donors (Lipinski definition) is 6. The quantitative estimate of drug-likeness (QED) is 0.171. The summed E-state index contributed by atoms with van der Waals surface area (Å²) >= 11 is 6.18. The molecule has 5 atom stereocenters. The number of nitrogens with one attached hydrogen (secondary N) is 1. The molecule has 4 aliphatic carbocycles. The van der Waals surface area contributed by atoms with Gasteiger partial charge in [-0.15, -0.1) is 0 Å². The zero-order chi connectivity index (χ0) is 29.3. The van der Waals surface area contributed by atoms with Crippen molar-refractivity contribution in [3.8, 4) is 0 Å². The van der Waals surface area contributed by atoms with Crippen LogP contribution in [-0.2, 0) is 23.2 Å². The number of imidazole rings is 1. The first kappa shape index (κ1) is 29.6. The minimum atomic E-state index is -4.85. The van der Waals surface area contributed by atoms with Gasteiger partial charge < -0.3 is 39.5 Å². The summed E-state index contributed by atoms with van der Waals surface area (Å²) in [4.78, 5) is 53.5. The Balaban J connectivity index is 1.17. The summed E-state index contributed by atoms with van der Waals surface area (Å²) in [7, 11) is -9.57. The van der Waals surface area contributed by atoms with Gasteiger partial charge in [0.15, 0.2) is 29.1 Å². The van der Waals surface area contributed by atoms with Gasteiger partial charge in [0.1, 0.15) is 18.3 Å². The average molecular weight is 636 g/mol. The van der Waals surface area contributed by atoms with E-state index in [0.717, 1.165) is 19.3 Å². The molecule has 1 saturated heterocycles. The molecule has 5 aliphatic rings. The molecule has 4 saturated carbocycles. The van der Waals surface area contributed by atoms with Crippen LogP contribution in [0.1, 0.15) is 51.2 Å². The van der Waals surface area contributed by atoms with Gasteiger partial charge in [-0.25, -0.2) is 4.98 Å². The van der Waals surface area contributed by atoms with E-state index in [9.17, 15) is 29.0 Å². The van der Waals surface area contributed by atoms with Crippen molar-refractivity contribution in [2.75, 3.05) is 17.8 Å². The van der Waals surface area contributed by atoms with Crippen molar-refractivity contribution in [3.63, 3.8) is 0 Å². The molecule has 0 aromatic carbocycles. The van der Waals surface area contributed by atoms with E-state index < -0.39 is 52.2 Å². The molecule has 1 aliphatic heterocycles. The Morgan fingerprint density at radius 2 is 1.73 bits per heavy atom. The van der Waals surface area contributed by atoms with E-state index in [1.54, 1.807) is 0 Å². The maximum Gasteiger partial charge on any atom is 0.340 e. The minimum absolute atomic E-state index is 0.00692. The fourth-order valence-electron chi connectivity index (χ4n) is 7.75. The zero-order valence-electron chi connectivity index (χ0n) is 21.8. The maximum atomic E-state index is 13.2. The van der Waals surface area contributed by atoms with Gasteiger partial charge in [-0.2, -0.15) is 9.97 Å². The van der Waals surface area contributed by atoms with E-state index in [4.69, 9.17) is 30.6 Å². The van der Waals surface area contributed by atoms with Gasteiger partial charge in [0, 0.05) is 6.42 Å². The first-order chi connectivity index (χ1) is 19.2. The number of aromatic nitrogens is 4. The van der Waals surface area contributed by atoms with Crippen LogP contribution in [-0.4, -0.2) is 81.1 Å². The van der Waals surface area contributed by atoms with Crippen molar-refractivity contribution < 1.29 is 48.1 Å². The lowest BCUT2D eigenvalue weighted by Gasteiger charge is -2.56. The number of nitrogens with zero attached hydrogens (tertiary/aromatic N) is 4. The molecular weight excluding hydrogens is 604 g/mol. The molecule has 7 rings (SSSR count). The Kier molecular flexibility index (Phi) is 7.63. The average Bonchev–Trinajstić information content (AvgIpc) is 3.35. The summed E-state index contributed by atoms with van der Waals surface area (Å²) < 4.78 is 34.8. The highest BCUT2D eigenvalue weighted by molar-refractivity contribution is 7.70. The van der Waals surface area contributed by atoms with Crippen molar-refractivity contribution in [1.29, 1.82) is 0 Å². The van der Waals surface area contributed by atoms with Gasteiger partial charge in [0.05, 0.1) is 12.9 Å². The van der Waals surface area contributed by atoms with E-state index >= 15 is 0 Å². The molecule has 6 N–H and O–H groups in total. The van der Waals surface area contributed by atoms with Crippen molar-refractivity contribution in [3.05, 3.63) is 11.6 Å². The molecule has 15 nitrogen and oxygen atoms in total. The van der Waals surface area contributed by atoms with E-state index in [0.29, 0.717) is 24.2 Å². The monoisotopic (exact) mass is 635 g/mol. The molecule has 226 valence electrons. The summed E-state index contributed by atoms with van der Waals surface area (Å²) in [5.74, 6) is 0.590. The second kappa shape index (κ2) is 10.6. The van der Waals surface area contributed by atoms with E-state index in [2.05, 4.69) is 20.3 Å². The van der Waals surface area contributed by atoms with Crippen molar-refractivity contribution >= 4 is 49.7 Å². The molecule has 2 aromatic heterocycles. The summed E-state index contributed by atoms with van der Waals surface area (Å²) in [5.41, 5.74) is 0.287. The highest BCUT2D eigenvalue weighted by Gasteiger charge is 2.51. The number of ether oxygens (including phenoxy) is 1. The Bertz CT molecular complexity index is 1420. The van der Waals surface area contributed by atoms with Crippen LogP contribution in [0.5, 0.6) is 0 Å². The number of amides is 1. The molecule has 0 radical (unpaired) electrons. The molecule has 1 amide bonds. The van der Waals surface area contributed by atoms with Crippen molar-refractivity contribution in [2.45, 2.75) is 69.5 Å². The van der Waals surface area contributed by atoms with Gasteiger partial charge >= 0.3 is 15.2 Å².